The van der Waals surface area contributed by atoms with Gasteiger partial charge in [0.1, 0.15) is 6.10 Å². The molecule has 0 unspecified atom stereocenters. The molecule has 1 N–H and O–H groups in total. The van der Waals surface area contributed by atoms with Crippen LogP contribution in [-0.2, 0) is 25.4 Å². The van der Waals surface area contributed by atoms with E-state index in [2.05, 4.69) is 4.98 Å². The average molecular weight is 471 g/mol. The highest BCUT2D eigenvalue weighted by Gasteiger charge is 2.34. The molecule has 1 aliphatic rings. The summed E-state index contributed by atoms with van der Waals surface area (Å²) in [6, 6.07) is 14.1. The second-order valence-corrected chi connectivity index (χ2v) is 8.66. The van der Waals surface area contributed by atoms with Crippen molar-refractivity contribution in [2.24, 2.45) is 14.1 Å². The normalized spacial score (nSPS) is 15.5. The number of nitrogens with zero attached hydrogens (tertiary/aromatic N) is 4. The van der Waals surface area contributed by atoms with Crippen LogP contribution in [-0.4, -0.2) is 30.2 Å². The third kappa shape index (κ3) is 2.93. The van der Waals surface area contributed by atoms with Crippen LogP contribution in [0.25, 0.3) is 33.1 Å². The van der Waals surface area contributed by atoms with Crippen LogP contribution < -0.4 is 11.2 Å². The van der Waals surface area contributed by atoms with Crippen LogP contribution in [0, 0.1) is 10.1 Å². The Balaban J connectivity index is 1.76. The SMILES string of the molecule is Cn1c(=O)c2c(-c3cccc([N+](=O)[O-])c3)n3c(c2n(C)c1=O)[C@@H](c1c[nH]c2ccccc12)OCC3. The fourth-order valence-electron chi connectivity index (χ4n) is 5.19. The van der Waals surface area contributed by atoms with Gasteiger partial charge in [-0.05, 0) is 6.07 Å². The summed E-state index contributed by atoms with van der Waals surface area (Å²) >= 11 is 0. The zero-order valence-electron chi connectivity index (χ0n) is 19.0. The second-order valence-electron chi connectivity index (χ2n) is 8.66. The number of H-pyrrole nitrogens is 1. The predicted octanol–water partition coefficient (Wildman–Crippen LogP) is 3.21. The monoisotopic (exact) mass is 471 g/mol. The molecule has 6 rings (SSSR count). The van der Waals surface area contributed by atoms with E-state index in [0.29, 0.717) is 41.0 Å². The Labute approximate surface area is 197 Å². The maximum atomic E-state index is 13.5. The highest BCUT2D eigenvalue weighted by atomic mass is 16.6. The van der Waals surface area contributed by atoms with E-state index in [-0.39, 0.29) is 5.69 Å². The molecule has 5 aromatic rings. The molecule has 0 amide bonds. The Bertz CT molecular complexity index is 1790. The topological polar surface area (TPSA) is 117 Å². The molecule has 1 atom stereocenters. The third-order valence-corrected chi connectivity index (χ3v) is 6.79. The predicted molar refractivity (Wildman–Crippen MR) is 131 cm³/mol. The molecule has 3 aromatic heterocycles. The van der Waals surface area contributed by atoms with E-state index in [9.17, 15) is 19.7 Å². The Kier molecular flexibility index (Phi) is 4.55. The van der Waals surface area contributed by atoms with E-state index in [1.165, 1.54) is 23.7 Å². The molecule has 4 heterocycles. The van der Waals surface area contributed by atoms with Gasteiger partial charge >= 0.3 is 5.69 Å². The number of fused-ring (bicyclic) bond motifs is 4. The second kappa shape index (κ2) is 7.54. The molecule has 10 heteroatoms. The fourth-order valence-corrected chi connectivity index (χ4v) is 5.19. The number of aromatic nitrogens is 4. The smallest absolute Gasteiger partial charge is 0.331 e. The summed E-state index contributed by atoms with van der Waals surface area (Å²) in [5.74, 6) is 0. The van der Waals surface area contributed by atoms with Gasteiger partial charge in [0.25, 0.3) is 11.2 Å². The van der Waals surface area contributed by atoms with E-state index in [0.717, 1.165) is 21.0 Å². The maximum absolute atomic E-state index is 13.5. The number of nitro groups is 1. The fraction of sp³-hybridized carbons (Fsp3) is 0.200. The molecular weight excluding hydrogens is 450 g/mol. The quantitative estimate of drug-likeness (QED) is 0.320. The van der Waals surface area contributed by atoms with Crippen LogP contribution in [0.4, 0.5) is 5.69 Å². The number of para-hydroxylation sites is 1. The van der Waals surface area contributed by atoms with Gasteiger partial charge in [-0.2, -0.15) is 0 Å². The molecule has 0 spiro atoms. The molecular formula is C25H21N5O5. The molecule has 0 saturated carbocycles. The van der Waals surface area contributed by atoms with Crippen LogP contribution >= 0.6 is 0 Å². The molecule has 176 valence electrons. The van der Waals surface area contributed by atoms with Gasteiger partial charge in [0.2, 0.25) is 0 Å². The van der Waals surface area contributed by atoms with E-state index in [1.54, 1.807) is 19.2 Å². The number of nitrogens with one attached hydrogen (secondary N) is 1. The van der Waals surface area contributed by atoms with Crippen LogP contribution in [0.3, 0.4) is 0 Å². The van der Waals surface area contributed by atoms with Gasteiger partial charge in [-0.15, -0.1) is 0 Å². The zero-order chi connectivity index (χ0) is 24.4. The van der Waals surface area contributed by atoms with Crippen molar-refractivity contribution in [2.45, 2.75) is 12.6 Å². The molecule has 0 fully saturated rings. The van der Waals surface area contributed by atoms with Gasteiger partial charge in [0.15, 0.2) is 0 Å². The van der Waals surface area contributed by atoms with Crippen LogP contribution in [0.15, 0.2) is 64.3 Å². The van der Waals surface area contributed by atoms with Gasteiger partial charge in [-0.25, -0.2) is 4.79 Å². The van der Waals surface area contributed by atoms with Crippen molar-refractivity contribution < 1.29 is 9.66 Å². The first-order chi connectivity index (χ1) is 16.9. The Hall–Kier alpha value is -4.44. The molecule has 10 nitrogen and oxygen atoms in total. The Morgan fingerprint density at radius 3 is 2.69 bits per heavy atom. The number of non-ortho nitro benzene ring substituents is 1. The summed E-state index contributed by atoms with van der Waals surface area (Å²) in [5, 5.41) is 12.8. The number of benzene rings is 2. The molecule has 0 bridgehead atoms. The molecule has 1 aliphatic heterocycles. The van der Waals surface area contributed by atoms with Crippen molar-refractivity contribution in [2.75, 3.05) is 6.61 Å². The number of rotatable bonds is 3. The summed E-state index contributed by atoms with van der Waals surface area (Å²) in [6.07, 6.45) is 1.34. The lowest BCUT2D eigenvalue weighted by Crippen LogP contribution is -2.37. The van der Waals surface area contributed by atoms with Gasteiger partial charge < -0.3 is 14.3 Å². The number of hydrogen-bond donors (Lipinski definition) is 1. The number of nitro benzene ring substituents is 1. The van der Waals surface area contributed by atoms with Gasteiger partial charge in [0.05, 0.1) is 33.8 Å². The maximum Gasteiger partial charge on any atom is 0.331 e. The van der Waals surface area contributed by atoms with E-state index >= 15 is 0 Å². The van der Waals surface area contributed by atoms with E-state index in [4.69, 9.17) is 4.74 Å². The molecule has 35 heavy (non-hydrogen) atoms. The summed E-state index contributed by atoms with van der Waals surface area (Å²) in [5.41, 5.74) is 3.07. The van der Waals surface area contributed by atoms with Gasteiger partial charge in [-0.3, -0.25) is 24.0 Å². The van der Waals surface area contributed by atoms with Crippen LogP contribution in [0.5, 0.6) is 0 Å². The molecule has 0 aliphatic carbocycles. The van der Waals surface area contributed by atoms with Crippen LogP contribution in [0.2, 0.25) is 0 Å². The first kappa shape index (κ1) is 21.1. The number of aryl methyl sites for hydroxylation is 1. The largest absolute Gasteiger partial charge is 0.365 e. The highest BCUT2D eigenvalue weighted by molar-refractivity contribution is 5.97. The number of ether oxygens (including phenoxy) is 1. The lowest BCUT2D eigenvalue weighted by molar-refractivity contribution is -0.384. The molecule has 0 saturated heterocycles. The number of hydrogen-bond acceptors (Lipinski definition) is 5. The third-order valence-electron chi connectivity index (χ3n) is 6.79. The minimum absolute atomic E-state index is 0.0758. The average Bonchev–Trinajstić information content (AvgIpc) is 3.46. The summed E-state index contributed by atoms with van der Waals surface area (Å²) in [4.78, 5) is 40.8. The summed E-state index contributed by atoms with van der Waals surface area (Å²) in [6.45, 7) is 0.798. The van der Waals surface area contributed by atoms with Crippen molar-refractivity contribution in [1.29, 1.82) is 0 Å². The minimum Gasteiger partial charge on any atom is -0.365 e. The summed E-state index contributed by atoms with van der Waals surface area (Å²) < 4.78 is 10.8. The van der Waals surface area contributed by atoms with Gasteiger partial charge in [0, 0.05) is 61.0 Å². The standard InChI is InChI=1S/C25H21N5O5/c1-27-21-19(24(31)28(2)25(27)32)20(14-6-5-7-15(12-14)30(33)34)29-10-11-35-23(22(21)29)17-13-26-18-9-4-3-8-16(17)18/h3-9,12-13,23,26H,10-11H2,1-2H3/t23-/m1/s1. The minimum atomic E-state index is -0.549. The van der Waals surface area contributed by atoms with Crippen molar-refractivity contribution in [1.82, 2.24) is 18.7 Å². The number of aromatic amines is 1. The summed E-state index contributed by atoms with van der Waals surface area (Å²) in [7, 11) is 3.06. The van der Waals surface area contributed by atoms with Crippen molar-refractivity contribution in [3.63, 3.8) is 0 Å². The first-order valence-electron chi connectivity index (χ1n) is 11.1. The lowest BCUT2D eigenvalue weighted by atomic mass is 10.0. The van der Waals surface area contributed by atoms with E-state index < -0.39 is 22.3 Å². The van der Waals surface area contributed by atoms with Crippen LogP contribution in [0.1, 0.15) is 17.4 Å². The lowest BCUT2D eigenvalue weighted by Gasteiger charge is -2.27. The van der Waals surface area contributed by atoms with E-state index in [1.807, 2.05) is 35.0 Å². The Morgan fingerprint density at radius 2 is 1.89 bits per heavy atom. The van der Waals surface area contributed by atoms with Gasteiger partial charge in [-0.1, -0.05) is 30.3 Å². The van der Waals surface area contributed by atoms with Crippen molar-refractivity contribution >= 4 is 27.5 Å². The first-order valence-corrected chi connectivity index (χ1v) is 11.1. The molecule has 0 radical (unpaired) electrons. The van der Waals surface area contributed by atoms with Crippen molar-refractivity contribution in [3.05, 3.63) is 96.9 Å². The molecule has 2 aromatic carbocycles. The van der Waals surface area contributed by atoms with Crippen molar-refractivity contribution in [3.8, 4) is 11.3 Å². The zero-order valence-corrected chi connectivity index (χ0v) is 19.0. The highest BCUT2D eigenvalue weighted by Crippen LogP contribution is 2.42. The Morgan fingerprint density at radius 1 is 1.09 bits per heavy atom.